The predicted molar refractivity (Wildman–Crippen MR) is 152 cm³/mol. The minimum atomic E-state index is -0.985. The van der Waals surface area contributed by atoms with Crippen LogP contribution >= 0.6 is 0 Å². The molecule has 0 aliphatic carbocycles. The van der Waals surface area contributed by atoms with Crippen molar-refractivity contribution in [1.82, 2.24) is 0 Å². The number of aromatic carboxylic acids is 1. The van der Waals surface area contributed by atoms with E-state index in [1.54, 1.807) is 42.5 Å². The summed E-state index contributed by atoms with van der Waals surface area (Å²) >= 11 is 0. The highest BCUT2D eigenvalue weighted by Crippen LogP contribution is 2.28. The molecule has 0 bridgehead atoms. The smallest absolute Gasteiger partial charge is 0.335 e. The van der Waals surface area contributed by atoms with Crippen LogP contribution in [-0.2, 0) is 6.42 Å². The molecule has 0 radical (unpaired) electrons. The predicted octanol–water partition coefficient (Wildman–Crippen LogP) is 5.65. The van der Waals surface area contributed by atoms with Crippen LogP contribution in [0.25, 0.3) is 22.3 Å². The van der Waals surface area contributed by atoms with E-state index in [-0.39, 0.29) is 12.2 Å². The fraction of sp³-hybridized carbons (Fsp3) is 0.212. The number of carbonyl (C=O) groups is 1. The molecule has 39 heavy (non-hydrogen) atoms. The van der Waals surface area contributed by atoms with E-state index >= 15 is 0 Å². The summed E-state index contributed by atoms with van der Waals surface area (Å²) in [4.78, 5) is 11.1. The van der Waals surface area contributed by atoms with E-state index in [0.29, 0.717) is 22.3 Å². The van der Waals surface area contributed by atoms with E-state index in [9.17, 15) is 15.2 Å². The van der Waals surface area contributed by atoms with Gasteiger partial charge < -0.3 is 19.4 Å². The Morgan fingerprint density at radius 2 is 1.56 bits per heavy atom. The van der Waals surface area contributed by atoms with Crippen molar-refractivity contribution < 1.29 is 24.2 Å². The van der Waals surface area contributed by atoms with Gasteiger partial charge in [-0.1, -0.05) is 72.8 Å². The highest BCUT2D eigenvalue weighted by atomic mass is 16.5. The van der Waals surface area contributed by atoms with Crippen molar-refractivity contribution in [2.24, 2.45) is 0 Å². The van der Waals surface area contributed by atoms with Gasteiger partial charge in [-0.25, -0.2) is 4.79 Å². The zero-order valence-electron chi connectivity index (χ0n) is 22.2. The summed E-state index contributed by atoms with van der Waals surface area (Å²) < 4.78 is 6.53. The number of ether oxygens (including phenoxy) is 1. The summed E-state index contributed by atoms with van der Waals surface area (Å²) in [5.74, 6) is -0.598. The number of benzene rings is 4. The fourth-order valence-corrected chi connectivity index (χ4v) is 4.68. The number of hydrogen-bond acceptors (Lipinski definition) is 4. The number of carboxylic acids is 1. The Hall–Kier alpha value is -4.44. The van der Waals surface area contributed by atoms with Crippen LogP contribution in [0.1, 0.15) is 21.5 Å². The van der Waals surface area contributed by atoms with Gasteiger partial charge in [-0.2, -0.15) is 5.26 Å². The Balaban J connectivity index is 1.38. The van der Waals surface area contributed by atoms with Gasteiger partial charge in [0.2, 0.25) is 0 Å². The van der Waals surface area contributed by atoms with Gasteiger partial charge in [0.25, 0.3) is 0 Å². The number of carboxylic acid groups (broad SMARTS) is 1. The maximum atomic E-state index is 11.1. The number of quaternary nitrogens is 1. The molecule has 0 heterocycles. The molecule has 6 nitrogen and oxygen atoms in total. The second-order valence-corrected chi connectivity index (χ2v) is 10.3. The van der Waals surface area contributed by atoms with Crippen LogP contribution in [0.5, 0.6) is 5.75 Å². The maximum absolute atomic E-state index is 11.1. The summed E-state index contributed by atoms with van der Waals surface area (Å²) in [5, 5.41) is 29.5. The number of aliphatic hydroxyl groups excluding tert-OH is 1. The van der Waals surface area contributed by atoms with E-state index in [0.717, 1.165) is 24.1 Å². The van der Waals surface area contributed by atoms with Crippen LogP contribution in [-0.4, -0.2) is 60.6 Å². The molecule has 2 N–H and O–H groups in total. The Kier molecular flexibility index (Phi) is 8.77. The molecular weight excluding hydrogens is 488 g/mol. The lowest BCUT2D eigenvalue weighted by Crippen LogP contribution is -2.48. The third-order valence-electron chi connectivity index (χ3n) is 6.79. The van der Waals surface area contributed by atoms with Crippen LogP contribution in [0.15, 0.2) is 97.1 Å². The number of nitrogens with zero attached hydrogens (tertiary/aromatic N) is 2. The molecule has 4 rings (SSSR count). The molecule has 0 aliphatic rings. The lowest BCUT2D eigenvalue weighted by atomic mass is 9.97. The molecular formula is C33H33N2O4+. The Morgan fingerprint density at radius 1 is 0.897 bits per heavy atom. The second kappa shape index (κ2) is 12.4. The number of rotatable bonds is 11. The minimum Gasteiger partial charge on any atom is -0.489 e. The van der Waals surface area contributed by atoms with Gasteiger partial charge in [0.05, 0.1) is 31.8 Å². The Labute approximate surface area is 229 Å². The number of hydrogen-bond donors (Lipinski definition) is 2. The quantitative estimate of drug-likeness (QED) is 0.249. The van der Waals surface area contributed by atoms with Gasteiger partial charge in [-0.05, 0) is 52.1 Å². The zero-order valence-corrected chi connectivity index (χ0v) is 22.2. The first kappa shape index (κ1) is 27.6. The third kappa shape index (κ3) is 7.32. The molecule has 0 fully saturated rings. The Bertz CT molecular complexity index is 1460. The van der Waals surface area contributed by atoms with Gasteiger partial charge >= 0.3 is 5.97 Å². The van der Waals surface area contributed by atoms with Gasteiger partial charge in [0.1, 0.15) is 31.1 Å². The van der Waals surface area contributed by atoms with Crippen LogP contribution in [0.4, 0.5) is 0 Å². The lowest BCUT2D eigenvalue weighted by molar-refractivity contribution is -0.893. The molecule has 198 valence electrons. The average Bonchev–Trinajstić information content (AvgIpc) is 2.95. The van der Waals surface area contributed by atoms with Crippen molar-refractivity contribution in [3.63, 3.8) is 0 Å². The number of nitriles is 1. The lowest BCUT2D eigenvalue weighted by Gasteiger charge is -2.32. The first-order valence-electron chi connectivity index (χ1n) is 12.9. The first-order chi connectivity index (χ1) is 18.8. The van der Waals surface area contributed by atoms with Gasteiger partial charge in [0, 0.05) is 6.42 Å². The first-order valence-corrected chi connectivity index (χ1v) is 12.9. The van der Waals surface area contributed by atoms with Gasteiger partial charge in [-0.3, -0.25) is 0 Å². The third-order valence-corrected chi connectivity index (χ3v) is 6.79. The minimum absolute atomic E-state index is 0.0539. The number of aliphatic hydroxyl groups is 1. The molecule has 4 aromatic rings. The van der Waals surface area contributed by atoms with E-state index in [1.165, 1.54) is 16.7 Å². The van der Waals surface area contributed by atoms with Crippen molar-refractivity contribution in [3.05, 3.63) is 114 Å². The number of likely N-dealkylation sites (N-methyl/N-ethyl adjacent to an activating group) is 1. The summed E-state index contributed by atoms with van der Waals surface area (Å²) in [7, 11) is 4.19. The normalized spacial score (nSPS) is 11.9. The van der Waals surface area contributed by atoms with E-state index < -0.39 is 12.1 Å². The zero-order chi connectivity index (χ0) is 27.8. The molecule has 0 amide bonds. The van der Waals surface area contributed by atoms with Crippen molar-refractivity contribution in [3.8, 4) is 34.1 Å². The molecule has 6 heteroatoms. The highest BCUT2D eigenvalue weighted by Gasteiger charge is 2.22. The van der Waals surface area contributed by atoms with Crippen LogP contribution < -0.4 is 4.74 Å². The summed E-state index contributed by atoms with van der Waals surface area (Å²) in [6.45, 7) is 1.39. The van der Waals surface area contributed by atoms with E-state index in [2.05, 4.69) is 56.6 Å². The molecule has 0 saturated heterocycles. The van der Waals surface area contributed by atoms with Crippen molar-refractivity contribution in [2.75, 3.05) is 33.8 Å². The SMILES string of the molecule is C[N+](C)(CCc1ccccc1-c1ccccc1)C[C@@H](O)COc1cc(-c2ccc(C(=O)O)cc2)ccc1C#N. The topological polar surface area (TPSA) is 90.6 Å². The average molecular weight is 522 g/mol. The molecule has 1 atom stereocenters. The van der Waals surface area contributed by atoms with Gasteiger partial charge in [-0.15, -0.1) is 0 Å². The molecule has 4 aromatic carbocycles. The largest absolute Gasteiger partial charge is 0.489 e. The summed E-state index contributed by atoms with van der Waals surface area (Å²) in [6.07, 6.45) is 0.141. The fourth-order valence-electron chi connectivity index (χ4n) is 4.68. The van der Waals surface area contributed by atoms with E-state index in [4.69, 9.17) is 9.84 Å². The summed E-state index contributed by atoms with van der Waals surface area (Å²) in [5.41, 5.74) is 5.87. The molecule has 0 aliphatic heterocycles. The standard InChI is InChI=1S/C33H32N2O4/c1-35(2,19-18-26-10-6-7-11-31(26)25-8-4-3-5-9-25)22-30(36)23-39-32-20-28(16-17-29(32)21-34)24-12-14-27(15-13-24)33(37)38/h3-17,20,30,36H,18-19,22-23H2,1-2H3/p+1/t30-/m1/s1. The molecule has 0 aromatic heterocycles. The van der Waals surface area contributed by atoms with Crippen LogP contribution in [0, 0.1) is 11.3 Å². The second-order valence-electron chi connectivity index (χ2n) is 10.3. The summed E-state index contributed by atoms with van der Waals surface area (Å²) in [6, 6.07) is 32.7. The Morgan fingerprint density at radius 3 is 2.26 bits per heavy atom. The van der Waals surface area contributed by atoms with Gasteiger partial charge in [0.15, 0.2) is 0 Å². The van der Waals surface area contributed by atoms with Crippen LogP contribution in [0.2, 0.25) is 0 Å². The van der Waals surface area contributed by atoms with Crippen LogP contribution in [0.3, 0.4) is 0 Å². The van der Waals surface area contributed by atoms with E-state index in [1.807, 2.05) is 18.2 Å². The molecule has 0 spiro atoms. The monoisotopic (exact) mass is 521 g/mol. The molecule has 0 saturated carbocycles. The maximum Gasteiger partial charge on any atom is 0.335 e. The highest BCUT2D eigenvalue weighted by molar-refractivity contribution is 5.88. The van der Waals surface area contributed by atoms with Crippen molar-refractivity contribution >= 4 is 5.97 Å². The van der Waals surface area contributed by atoms with Crippen molar-refractivity contribution in [2.45, 2.75) is 12.5 Å². The van der Waals surface area contributed by atoms with Crippen molar-refractivity contribution in [1.29, 1.82) is 5.26 Å². The molecule has 0 unspecified atom stereocenters.